The minimum Gasteiger partial charge on any atom is -0.437 e. The molecule has 0 bridgehead atoms. The molecule has 6 aromatic rings. The van der Waals surface area contributed by atoms with Crippen molar-refractivity contribution in [1.82, 2.24) is 4.98 Å². The van der Waals surface area contributed by atoms with Crippen LogP contribution >= 0.6 is 0 Å². The molecule has 0 N–H and O–H groups in total. The number of hydrogen-bond donors (Lipinski definition) is 0. The Kier molecular flexibility index (Phi) is 10.1. The summed E-state index contributed by atoms with van der Waals surface area (Å²) < 4.78 is 12.1. The average Bonchev–Trinajstić information content (AvgIpc) is 3.87. The molecule has 2 fully saturated rings. The fraction of sp³-hybridized carbons (Fsp3) is 0.463. The first-order valence-electron chi connectivity index (χ1n) is 23.3. The summed E-state index contributed by atoms with van der Waals surface area (Å²) in [5.41, 5.74) is 16.6. The van der Waals surface area contributed by atoms with Crippen molar-refractivity contribution >= 4 is 41.0 Å². The van der Waals surface area contributed by atoms with E-state index in [0.717, 1.165) is 71.5 Å². The number of rotatable bonds is 6. The maximum Gasteiger partial charge on any atom is 0.227 e. The second-order valence-electron chi connectivity index (χ2n) is 20.5. The van der Waals surface area contributed by atoms with Crippen LogP contribution in [-0.2, 0) is 19.3 Å². The molecule has 4 aliphatic rings. The van der Waals surface area contributed by atoms with E-state index >= 15 is 0 Å². The number of furan rings is 1. The van der Waals surface area contributed by atoms with Gasteiger partial charge in [0.25, 0.3) is 0 Å². The molecule has 0 radical (unpaired) electrons. The van der Waals surface area contributed by atoms with Crippen LogP contribution in [0.3, 0.4) is 0 Å². The van der Waals surface area contributed by atoms with Gasteiger partial charge in [-0.2, -0.15) is 9.13 Å². The van der Waals surface area contributed by atoms with E-state index in [-0.39, 0.29) is 6.04 Å². The minimum absolute atomic E-state index is 0.261. The molecule has 5 heteroatoms. The highest BCUT2D eigenvalue weighted by molar-refractivity contribution is 6.89. The van der Waals surface area contributed by atoms with E-state index in [1.807, 2.05) is 0 Å². The lowest BCUT2D eigenvalue weighted by Gasteiger charge is -2.34. The van der Waals surface area contributed by atoms with Crippen molar-refractivity contribution in [3.05, 3.63) is 113 Å². The molecule has 2 aliphatic carbocycles. The SMILES string of the molecule is C=C1CC2C(CCc3ccc4c(oc5nc(C)ccc54)c3-c3cc(CC4CCCC4)cc[n+]31)c1cc(C3CCCCC3)ccc1-c1cc(CC(C)C)c([Si](C)(C)C)c[n+]12. The molecule has 0 amide bonds. The van der Waals surface area contributed by atoms with E-state index in [4.69, 9.17) is 16.0 Å². The number of benzene rings is 2. The Hall–Kier alpha value is -4.35. The molecule has 0 saturated heterocycles. The molecule has 59 heavy (non-hydrogen) atoms. The zero-order valence-corrected chi connectivity index (χ0v) is 37.7. The number of aromatic nitrogens is 3. The molecule has 2 aliphatic heterocycles. The van der Waals surface area contributed by atoms with Crippen LogP contribution in [0, 0.1) is 18.8 Å². The molecule has 2 atom stereocenters. The third-order valence-electron chi connectivity index (χ3n) is 14.8. The van der Waals surface area contributed by atoms with Crippen LogP contribution in [0.1, 0.15) is 136 Å². The van der Waals surface area contributed by atoms with Crippen molar-refractivity contribution in [1.29, 1.82) is 0 Å². The fourth-order valence-electron chi connectivity index (χ4n) is 11.9. The Morgan fingerprint density at radius 3 is 2.41 bits per heavy atom. The molecule has 10 rings (SSSR count). The molecular weight excluding hydrogens is 735 g/mol. The summed E-state index contributed by atoms with van der Waals surface area (Å²) >= 11 is 0. The fourth-order valence-corrected chi connectivity index (χ4v) is 13.5. The van der Waals surface area contributed by atoms with Crippen molar-refractivity contribution in [2.45, 2.75) is 148 Å². The van der Waals surface area contributed by atoms with Gasteiger partial charge in [-0.3, -0.25) is 0 Å². The number of hydrogen-bond acceptors (Lipinski definition) is 2. The van der Waals surface area contributed by atoms with Crippen LogP contribution in [0.15, 0.2) is 84.1 Å². The van der Waals surface area contributed by atoms with Crippen molar-refractivity contribution in [3.63, 3.8) is 0 Å². The van der Waals surface area contributed by atoms with Crippen LogP contribution in [-0.4, -0.2) is 13.1 Å². The Morgan fingerprint density at radius 2 is 1.63 bits per heavy atom. The van der Waals surface area contributed by atoms with Gasteiger partial charge in [-0.15, -0.1) is 0 Å². The second kappa shape index (κ2) is 15.3. The van der Waals surface area contributed by atoms with Gasteiger partial charge in [-0.1, -0.05) is 103 Å². The first kappa shape index (κ1) is 38.8. The van der Waals surface area contributed by atoms with Gasteiger partial charge in [0, 0.05) is 51.3 Å². The minimum atomic E-state index is -1.68. The van der Waals surface area contributed by atoms with Crippen LogP contribution in [0.2, 0.25) is 19.6 Å². The van der Waals surface area contributed by atoms with Crippen LogP contribution in [0.5, 0.6) is 0 Å². The van der Waals surface area contributed by atoms with Gasteiger partial charge in [0.15, 0.2) is 29.7 Å². The highest BCUT2D eigenvalue weighted by atomic mass is 28.3. The number of pyridine rings is 3. The summed E-state index contributed by atoms with van der Waals surface area (Å²) in [4.78, 5) is 4.90. The summed E-state index contributed by atoms with van der Waals surface area (Å²) in [5.74, 6) is 2.39. The first-order valence-corrected chi connectivity index (χ1v) is 26.8. The van der Waals surface area contributed by atoms with Crippen LogP contribution in [0.25, 0.3) is 50.3 Å². The van der Waals surface area contributed by atoms with E-state index in [9.17, 15) is 0 Å². The quantitative estimate of drug-likeness (QED) is 0.124. The predicted octanol–water partition coefficient (Wildman–Crippen LogP) is 12.9. The lowest BCUT2D eigenvalue weighted by Crippen LogP contribution is -2.54. The van der Waals surface area contributed by atoms with E-state index in [0.29, 0.717) is 17.8 Å². The van der Waals surface area contributed by atoms with Gasteiger partial charge < -0.3 is 4.42 Å². The topological polar surface area (TPSA) is 33.8 Å². The molecular formula is C54H65N3OSi+2. The number of fused-ring (bicyclic) bond motifs is 13. The van der Waals surface area contributed by atoms with E-state index in [2.05, 4.69) is 123 Å². The highest BCUT2D eigenvalue weighted by Gasteiger charge is 2.45. The molecule has 2 aromatic carbocycles. The maximum absolute atomic E-state index is 6.89. The predicted molar refractivity (Wildman–Crippen MR) is 247 cm³/mol. The van der Waals surface area contributed by atoms with Crippen LogP contribution in [0.4, 0.5) is 0 Å². The standard InChI is InChI=1S/C54H65N3OSi/c1-34(2)27-42-32-49-44-23-20-41(39-15-9-8-10-16-39)31-47(44)43-22-18-40-19-24-45-46-21-17-35(3)55-54(46)58-53(45)52(40)50-30-38(29-37-13-11-12-14-37)25-26-56(50)36(4)28-48(43)57(49)33-51(42)59(5,6)7/h17,19-21,23-26,30-34,37,39,43,48H,4,8-16,18,22,27-29H2,1-3,5-7H3/q+2. The molecule has 2 unspecified atom stereocenters. The van der Waals surface area contributed by atoms with Gasteiger partial charge in [0.1, 0.15) is 0 Å². The van der Waals surface area contributed by atoms with Gasteiger partial charge in [-0.05, 0) is 116 Å². The van der Waals surface area contributed by atoms with E-state index in [1.54, 1.807) is 21.9 Å². The average molecular weight is 800 g/mol. The van der Waals surface area contributed by atoms with Crippen molar-refractivity contribution in [3.8, 4) is 22.5 Å². The normalized spacial score (nSPS) is 20.1. The van der Waals surface area contributed by atoms with E-state index < -0.39 is 8.07 Å². The lowest BCUT2D eigenvalue weighted by atomic mass is 9.75. The Morgan fingerprint density at radius 1 is 0.847 bits per heavy atom. The smallest absolute Gasteiger partial charge is 0.227 e. The van der Waals surface area contributed by atoms with Gasteiger partial charge >= 0.3 is 0 Å². The number of nitrogens with zero attached hydrogens (tertiary/aromatic N) is 3. The Labute approximate surface area is 353 Å². The molecule has 0 spiro atoms. The van der Waals surface area contributed by atoms with Crippen molar-refractivity contribution < 1.29 is 13.6 Å². The second-order valence-corrected chi connectivity index (χ2v) is 25.6. The molecule has 304 valence electrons. The zero-order chi connectivity index (χ0) is 40.6. The van der Waals surface area contributed by atoms with E-state index in [1.165, 1.54) is 91.4 Å². The van der Waals surface area contributed by atoms with Crippen molar-refractivity contribution in [2.24, 2.45) is 11.8 Å². The number of aryl methyl sites for hydroxylation is 2. The summed E-state index contributed by atoms with van der Waals surface area (Å²) in [7, 11) is -1.68. The summed E-state index contributed by atoms with van der Waals surface area (Å²) in [6.07, 6.45) is 22.3. The zero-order valence-electron chi connectivity index (χ0n) is 36.7. The summed E-state index contributed by atoms with van der Waals surface area (Å²) in [6, 6.07) is 24.6. The molecule has 2 saturated carbocycles. The molecule has 6 heterocycles. The summed E-state index contributed by atoms with van der Waals surface area (Å²) in [5, 5.41) is 3.86. The third kappa shape index (κ3) is 7.13. The third-order valence-corrected chi connectivity index (χ3v) is 16.9. The number of allylic oxidation sites excluding steroid dienone is 1. The monoisotopic (exact) mass is 799 g/mol. The Bertz CT molecular complexity index is 2600. The molecule has 4 aromatic heterocycles. The molecule has 4 nitrogen and oxygen atoms in total. The Balaban J connectivity index is 1.19. The first-order chi connectivity index (χ1) is 28.5. The largest absolute Gasteiger partial charge is 0.437 e. The van der Waals surface area contributed by atoms with Gasteiger partial charge in [0.05, 0.1) is 20.1 Å². The van der Waals surface area contributed by atoms with Gasteiger partial charge in [-0.25, -0.2) is 4.98 Å². The highest BCUT2D eigenvalue weighted by Crippen LogP contribution is 2.47. The summed E-state index contributed by atoms with van der Waals surface area (Å²) in [6.45, 7) is 19.5. The van der Waals surface area contributed by atoms with Gasteiger partial charge in [0.2, 0.25) is 17.1 Å². The lowest BCUT2D eigenvalue weighted by molar-refractivity contribution is -0.719. The van der Waals surface area contributed by atoms with Crippen LogP contribution < -0.4 is 14.3 Å². The van der Waals surface area contributed by atoms with Crippen molar-refractivity contribution in [2.75, 3.05) is 0 Å². The maximum atomic E-state index is 6.89.